The van der Waals surface area contributed by atoms with E-state index < -0.39 is 0 Å². The number of benzene rings is 4. The van der Waals surface area contributed by atoms with E-state index in [-0.39, 0.29) is 0 Å². The zero-order valence-electron chi connectivity index (χ0n) is 30.4. The second kappa shape index (κ2) is 19.2. The van der Waals surface area contributed by atoms with Gasteiger partial charge < -0.3 is 0 Å². The Kier molecular flexibility index (Phi) is 13.9. The molecule has 0 aliphatic heterocycles. The second-order valence-corrected chi connectivity index (χ2v) is 13.1. The maximum Gasteiger partial charge on any atom is 0.0894 e. The van der Waals surface area contributed by atoms with Crippen molar-refractivity contribution in [3.8, 4) is 0 Å². The smallest absolute Gasteiger partial charge is 0.0894 e. The predicted octanol–water partition coefficient (Wildman–Crippen LogP) is 13.0. The van der Waals surface area contributed by atoms with Crippen molar-refractivity contribution in [1.29, 1.82) is 0 Å². The van der Waals surface area contributed by atoms with E-state index in [0.717, 1.165) is 74.1 Å². The first-order valence-corrected chi connectivity index (χ1v) is 18.6. The normalized spacial score (nSPS) is 11.9. The first kappa shape index (κ1) is 36.2. The lowest BCUT2D eigenvalue weighted by Gasteiger charge is -2.08. The predicted molar refractivity (Wildman–Crippen MR) is 219 cm³/mol. The third-order valence-electron chi connectivity index (χ3n) is 8.70. The van der Waals surface area contributed by atoms with Crippen LogP contribution in [0.1, 0.15) is 121 Å². The Bertz CT molecular complexity index is 1680. The van der Waals surface area contributed by atoms with Crippen molar-refractivity contribution in [2.75, 3.05) is 0 Å². The lowest BCUT2D eigenvalue weighted by molar-refractivity contribution is 0.921. The van der Waals surface area contributed by atoms with E-state index in [2.05, 4.69) is 173 Å². The quantitative estimate of drug-likeness (QED) is 0.106. The molecule has 2 nitrogen and oxygen atoms in total. The Morgan fingerprint density at radius 3 is 0.800 bits per heavy atom. The molecule has 0 saturated carbocycles. The minimum atomic E-state index is 0.841. The summed E-state index contributed by atoms with van der Waals surface area (Å²) in [6, 6.07) is 35.1. The van der Waals surface area contributed by atoms with E-state index in [1.54, 1.807) is 0 Å². The standard InChI is InChI=1S/C48H52N2/c1-5-13-37-17-9-21-41(33-37)25-29-45-46(30-26-42-22-10-18-38(34-42)14-6-2)50-48(32-28-44-24-12-20-40(36-44)16-8-4)47(49-45)31-27-43-23-11-19-39(35-43)15-7-3/h9-12,17-36H,5-8,13-16H2,1-4H3/b29-25+,30-26+,31-27+,32-28+. The SMILES string of the molecule is CCCc1cccc(/C=C/c2nc(/C=C/c3cccc(CCC)c3)c(/C=C/c3cccc(CCC)c3)nc2/C=C/c2cccc(CCC)c2)c1. The molecule has 0 unspecified atom stereocenters. The molecule has 1 aromatic heterocycles. The fourth-order valence-electron chi connectivity index (χ4n) is 6.24. The van der Waals surface area contributed by atoms with Crippen LogP contribution in [0.4, 0.5) is 0 Å². The number of aromatic nitrogens is 2. The summed E-state index contributed by atoms with van der Waals surface area (Å²) in [7, 11) is 0. The van der Waals surface area contributed by atoms with Crippen molar-refractivity contribution in [3.63, 3.8) is 0 Å². The minimum absolute atomic E-state index is 0.841. The summed E-state index contributed by atoms with van der Waals surface area (Å²) in [5.74, 6) is 0. The molecule has 0 fully saturated rings. The van der Waals surface area contributed by atoms with Gasteiger partial charge in [0.05, 0.1) is 22.8 Å². The summed E-state index contributed by atoms with van der Waals surface area (Å²) in [6.07, 6.45) is 25.9. The molecule has 4 aromatic carbocycles. The fourth-order valence-corrected chi connectivity index (χ4v) is 6.24. The van der Waals surface area contributed by atoms with Gasteiger partial charge in [0.2, 0.25) is 0 Å². The van der Waals surface area contributed by atoms with E-state index in [4.69, 9.17) is 9.97 Å². The van der Waals surface area contributed by atoms with Crippen LogP contribution in [-0.2, 0) is 25.7 Å². The average molecular weight is 657 g/mol. The van der Waals surface area contributed by atoms with E-state index in [1.165, 1.54) is 44.5 Å². The van der Waals surface area contributed by atoms with Gasteiger partial charge in [0.25, 0.3) is 0 Å². The Morgan fingerprint density at radius 2 is 0.580 bits per heavy atom. The van der Waals surface area contributed by atoms with E-state index in [9.17, 15) is 0 Å². The summed E-state index contributed by atoms with van der Waals surface area (Å²) < 4.78 is 0. The monoisotopic (exact) mass is 656 g/mol. The maximum atomic E-state index is 5.30. The Balaban J connectivity index is 1.61. The number of aryl methyl sites for hydroxylation is 4. The molecule has 0 aliphatic rings. The summed E-state index contributed by atoms with van der Waals surface area (Å²) in [6.45, 7) is 8.90. The molecule has 5 aromatic rings. The second-order valence-electron chi connectivity index (χ2n) is 13.1. The zero-order chi connectivity index (χ0) is 35.0. The highest BCUT2D eigenvalue weighted by Gasteiger charge is 2.09. The van der Waals surface area contributed by atoms with Crippen molar-refractivity contribution < 1.29 is 0 Å². The van der Waals surface area contributed by atoms with Gasteiger partial charge in [0, 0.05) is 0 Å². The lowest BCUT2D eigenvalue weighted by atomic mass is 10.0. The molecule has 0 atom stereocenters. The van der Waals surface area contributed by atoms with Crippen LogP contribution < -0.4 is 0 Å². The highest BCUT2D eigenvalue weighted by molar-refractivity contribution is 5.81. The van der Waals surface area contributed by atoms with Crippen molar-refractivity contribution in [2.24, 2.45) is 0 Å². The van der Waals surface area contributed by atoms with E-state index in [1.807, 2.05) is 0 Å². The summed E-state index contributed by atoms with van der Waals surface area (Å²) in [4.78, 5) is 10.6. The topological polar surface area (TPSA) is 25.8 Å². The highest BCUT2D eigenvalue weighted by atomic mass is 14.8. The van der Waals surface area contributed by atoms with Gasteiger partial charge in [-0.1, -0.05) is 175 Å². The van der Waals surface area contributed by atoms with Crippen LogP contribution >= 0.6 is 0 Å². The van der Waals surface area contributed by atoms with Crippen LogP contribution in [0.15, 0.2) is 97.1 Å². The minimum Gasteiger partial charge on any atom is -0.245 e. The molecule has 0 saturated heterocycles. The van der Waals surface area contributed by atoms with Gasteiger partial charge in [0.1, 0.15) is 0 Å². The van der Waals surface area contributed by atoms with Gasteiger partial charge in [-0.25, -0.2) is 9.97 Å². The van der Waals surface area contributed by atoms with Crippen LogP contribution in [-0.4, -0.2) is 9.97 Å². The Morgan fingerprint density at radius 1 is 0.340 bits per heavy atom. The lowest BCUT2D eigenvalue weighted by Crippen LogP contribution is -2.00. The number of nitrogens with zero attached hydrogens (tertiary/aromatic N) is 2. The number of hydrogen-bond acceptors (Lipinski definition) is 2. The van der Waals surface area contributed by atoms with Crippen LogP contribution in [0.25, 0.3) is 48.6 Å². The Labute approximate surface area is 301 Å². The molecule has 0 radical (unpaired) electrons. The average Bonchev–Trinajstić information content (AvgIpc) is 3.13. The van der Waals surface area contributed by atoms with Gasteiger partial charge in [0.15, 0.2) is 0 Å². The molecule has 0 N–H and O–H groups in total. The third-order valence-corrected chi connectivity index (χ3v) is 8.70. The summed E-state index contributed by atoms with van der Waals surface area (Å²) >= 11 is 0. The highest BCUT2D eigenvalue weighted by Crippen LogP contribution is 2.22. The van der Waals surface area contributed by atoms with E-state index >= 15 is 0 Å². The molecule has 254 valence electrons. The summed E-state index contributed by atoms with van der Waals surface area (Å²) in [5.41, 5.74) is 13.4. The van der Waals surface area contributed by atoms with Crippen LogP contribution in [0.3, 0.4) is 0 Å². The van der Waals surface area contributed by atoms with Gasteiger partial charge in [-0.15, -0.1) is 0 Å². The van der Waals surface area contributed by atoms with Crippen molar-refractivity contribution in [2.45, 2.75) is 79.1 Å². The molecule has 5 rings (SSSR count). The molecule has 2 heteroatoms. The van der Waals surface area contributed by atoms with Crippen molar-refractivity contribution >= 4 is 48.6 Å². The molecular formula is C48H52N2. The van der Waals surface area contributed by atoms with Crippen LogP contribution in [0.2, 0.25) is 0 Å². The van der Waals surface area contributed by atoms with Gasteiger partial charge in [-0.3, -0.25) is 0 Å². The molecule has 0 amide bonds. The van der Waals surface area contributed by atoms with Crippen LogP contribution in [0, 0.1) is 0 Å². The van der Waals surface area contributed by atoms with Gasteiger partial charge in [-0.05, 0) is 94.5 Å². The largest absolute Gasteiger partial charge is 0.245 e. The molecule has 50 heavy (non-hydrogen) atoms. The Hall–Kier alpha value is -5.08. The molecular weight excluding hydrogens is 605 g/mol. The number of rotatable bonds is 16. The number of hydrogen-bond donors (Lipinski definition) is 0. The first-order chi connectivity index (χ1) is 24.6. The first-order valence-electron chi connectivity index (χ1n) is 18.6. The third kappa shape index (κ3) is 11.0. The van der Waals surface area contributed by atoms with Crippen molar-refractivity contribution in [1.82, 2.24) is 9.97 Å². The van der Waals surface area contributed by atoms with Gasteiger partial charge in [-0.2, -0.15) is 0 Å². The molecule has 0 aliphatic carbocycles. The fraction of sp³-hybridized carbons (Fsp3) is 0.250. The van der Waals surface area contributed by atoms with Crippen molar-refractivity contribution in [3.05, 3.63) is 164 Å². The summed E-state index contributed by atoms with van der Waals surface area (Å²) in [5, 5.41) is 0. The maximum absolute atomic E-state index is 5.30. The van der Waals surface area contributed by atoms with Crippen LogP contribution in [0.5, 0.6) is 0 Å². The molecule has 0 bridgehead atoms. The van der Waals surface area contributed by atoms with E-state index in [0.29, 0.717) is 0 Å². The van der Waals surface area contributed by atoms with Gasteiger partial charge >= 0.3 is 0 Å². The zero-order valence-corrected chi connectivity index (χ0v) is 30.4. The molecule has 0 spiro atoms. The molecule has 1 heterocycles.